The van der Waals surface area contributed by atoms with Crippen LogP contribution >= 0.6 is 0 Å². The van der Waals surface area contributed by atoms with Crippen LogP contribution in [0.2, 0.25) is 0 Å². The summed E-state index contributed by atoms with van der Waals surface area (Å²) in [5.41, 5.74) is 1.10. The van der Waals surface area contributed by atoms with Crippen molar-refractivity contribution in [3.8, 4) is 5.75 Å². The van der Waals surface area contributed by atoms with Crippen LogP contribution in [0.4, 0.5) is 8.78 Å². The van der Waals surface area contributed by atoms with Crippen LogP contribution in [0.5, 0.6) is 5.75 Å². The van der Waals surface area contributed by atoms with Gasteiger partial charge < -0.3 is 9.47 Å². The van der Waals surface area contributed by atoms with Gasteiger partial charge in [-0.2, -0.15) is 0 Å². The Kier molecular flexibility index (Phi) is 4.87. The van der Waals surface area contributed by atoms with E-state index in [9.17, 15) is 13.6 Å². The fraction of sp³-hybridized carbons (Fsp3) is 0.188. The van der Waals surface area contributed by atoms with Crippen LogP contribution in [0.1, 0.15) is 22.8 Å². The fourth-order valence-electron chi connectivity index (χ4n) is 1.73. The van der Waals surface area contributed by atoms with E-state index in [2.05, 4.69) is 0 Å². The zero-order valence-electron chi connectivity index (χ0n) is 11.4. The molecule has 2 aromatic rings. The number of hydrogen-bond acceptors (Lipinski definition) is 3. The van der Waals surface area contributed by atoms with Gasteiger partial charge in [-0.05, 0) is 36.8 Å². The molecular weight excluding hydrogens is 278 g/mol. The quantitative estimate of drug-likeness (QED) is 0.788. The maximum atomic E-state index is 13.4. The van der Waals surface area contributed by atoms with E-state index in [0.29, 0.717) is 17.7 Å². The molecule has 0 saturated carbocycles. The Morgan fingerprint density at radius 3 is 2.24 bits per heavy atom. The first kappa shape index (κ1) is 15.0. The third-order valence-corrected chi connectivity index (χ3v) is 2.77. The molecule has 0 unspecified atom stereocenters. The van der Waals surface area contributed by atoms with E-state index in [1.54, 1.807) is 31.2 Å². The van der Waals surface area contributed by atoms with Gasteiger partial charge in [0, 0.05) is 0 Å². The van der Waals surface area contributed by atoms with Gasteiger partial charge in [-0.15, -0.1) is 0 Å². The number of hydrogen-bond donors (Lipinski definition) is 0. The third kappa shape index (κ3) is 3.78. The largest absolute Gasteiger partial charge is 0.483 e. The van der Waals surface area contributed by atoms with Gasteiger partial charge in [-0.1, -0.05) is 18.2 Å². The Hall–Kier alpha value is -2.43. The minimum Gasteiger partial charge on any atom is -0.483 e. The highest BCUT2D eigenvalue weighted by Gasteiger charge is 2.10. The number of para-hydroxylation sites is 1. The summed E-state index contributed by atoms with van der Waals surface area (Å²) in [6.07, 6.45) is 0. The number of benzene rings is 2. The van der Waals surface area contributed by atoms with E-state index < -0.39 is 23.4 Å². The summed E-state index contributed by atoms with van der Waals surface area (Å²) >= 11 is 0. The molecule has 0 spiro atoms. The molecule has 5 heteroatoms. The molecular formula is C16H14F2O3. The van der Waals surface area contributed by atoms with Gasteiger partial charge in [0.1, 0.15) is 6.61 Å². The molecule has 2 aromatic carbocycles. The molecule has 0 bridgehead atoms. The predicted octanol–water partition coefficient (Wildman–Crippen LogP) is 3.72. The van der Waals surface area contributed by atoms with Crippen LogP contribution in [0.3, 0.4) is 0 Å². The van der Waals surface area contributed by atoms with Crippen LogP contribution in [0.25, 0.3) is 0 Å². The minimum atomic E-state index is -0.752. The third-order valence-electron chi connectivity index (χ3n) is 2.77. The standard InChI is InChI=1S/C16H14F2O3/c1-2-20-16(19)12-8-6-11(7-9-12)10-21-15-13(17)4-3-5-14(15)18/h3-9H,2,10H2,1H3. The number of ether oxygens (including phenoxy) is 2. The Bertz CT molecular complexity index is 604. The minimum absolute atomic E-state index is 0.000951. The Morgan fingerprint density at radius 1 is 1.05 bits per heavy atom. The lowest BCUT2D eigenvalue weighted by Gasteiger charge is -2.08. The van der Waals surface area contributed by atoms with Gasteiger partial charge in [0.25, 0.3) is 0 Å². The zero-order valence-corrected chi connectivity index (χ0v) is 11.4. The van der Waals surface area contributed by atoms with Crippen LogP contribution < -0.4 is 4.74 Å². The highest BCUT2D eigenvalue weighted by Crippen LogP contribution is 2.22. The van der Waals surface area contributed by atoms with Crippen molar-refractivity contribution in [2.75, 3.05) is 6.61 Å². The molecule has 0 aliphatic rings. The predicted molar refractivity (Wildman–Crippen MR) is 73.1 cm³/mol. The number of rotatable bonds is 5. The monoisotopic (exact) mass is 292 g/mol. The van der Waals surface area contributed by atoms with E-state index in [-0.39, 0.29) is 6.61 Å². The molecule has 0 heterocycles. The summed E-state index contributed by atoms with van der Waals surface area (Å²) in [6.45, 7) is 2.03. The molecule has 0 N–H and O–H groups in total. The molecule has 0 fully saturated rings. The Labute approximate surface area is 121 Å². The highest BCUT2D eigenvalue weighted by molar-refractivity contribution is 5.89. The van der Waals surface area contributed by atoms with Crippen LogP contribution in [-0.2, 0) is 11.3 Å². The van der Waals surface area contributed by atoms with E-state index in [1.165, 1.54) is 6.07 Å². The van der Waals surface area contributed by atoms with Crippen molar-refractivity contribution in [2.24, 2.45) is 0 Å². The van der Waals surface area contributed by atoms with Crippen molar-refractivity contribution in [1.82, 2.24) is 0 Å². The molecule has 0 atom stereocenters. The molecule has 110 valence electrons. The lowest BCUT2D eigenvalue weighted by molar-refractivity contribution is 0.0526. The number of carbonyl (C=O) groups excluding carboxylic acids is 1. The molecule has 2 rings (SSSR count). The molecule has 3 nitrogen and oxygen atoms in total. The van der Waals surface area contributed by atoms with Gasteiger partial charge in [-0.25, -0.2) is 13.6 Å². The van der Waals surface area contributed by atoms with E-state index in [0.717, 1.165) is 12.1 Å². The van der Waals surface area contributed by atoms with Gasteiger partial charge in [0.2, 0.25) is 0 Å². The summed E-state index contributed by atoms with van der Waals surface area (Å²) in [6, 6.07) is 9.97. The highest BCUT2D eigenvalue weighted by atomic mass is 19.1. The maximum absolute atomic E-state index is 13.4. The average molecular weight is 292 g/mol. The van der Waals surface area contributed by atoms with Crippen LogP contribution in [0.15, 0.2) is 42.5 Å². The van der Waals surface area contributed by atoms with Crippen molar-refractivity contribution in [3.63, 3.8) is 0 Å². The first-order chi connectivity index (χ1) is 10.1. The van der Waals surface area contributed by atoms with Crippen molar-refractivity contribution in [3.05, 3.63) is 65.2 Å². The smallest absolute Gasteiger partial charge is 0.338 e. The fourth-order valence-corrected chi connectivity index (χ4v) is 1.73. The zero-order chi connectivity index (χ0) is 15.2. The van der Waals surface area contributed by atoms with Gasteiger partial charge >= 0.3 is 5.97 Å². The second-order valence-electron chi connectivity index (χ2n) is 4.26. The molecule has 0 aliphatic carbocycles. The summed E-state index contributed by atoms with van der Waals surface area (Å²) in [4.78, 5) is 11.5. The molecule has 0 aliphatic heterocycles. The molecule has 0 aromatic heterocycles. The van der Waals surface area contributed by atoms with Gasteiger partial charge in [-0.3, -0.25) is 0 Å². The number of halogens is 2. The van der Waals surface area contributed by atoms with E-state index >= 15 is 0 Å². The van der Waals surface area contributed by atoms with Gasteiger partial charge in [0.15, 0.2) is 17.4 Å². The Morgan fingerprint density at radius 2 is 1.67 bits per heavy atom. The molecule has 0 amide bonds. The summed E-state index contributed by atoms with van der Waals surface area (Å²) in [5, 5.41) is 0. The number of carbonyl (C=O) groups is 1. The summed E-state index contributed by atoms with van der Waals surface area (Å²) in [5.74, 6) is -2.33. The van der Waals surface area contributed by atoms with Crippen LogP contribution in [-0.4, -0.2) is 12.6 Å². The lowest BCUT2D eigenvalue weighted by Crippen LogP contribution is -2.05. The van der Waals surface area contributed by atoms with Crippen LogP contribution in [0, 0.1) is 11.6 Å². The average Bonchev–Trinajstić information content (AvgIpc) is 2.47. The summed E-state index contributed by atoms with van der Waals surface area (Å²) < 4.78 is 36.8. The van der Waals surface area contributed by atoms with E-state index in [1.807, 2.05) is 0 Å². The van der Waals surface area contributed by atoms with Crippen molar-refractivity contribution in [2.45, 2.75) is 13.5 Å². The molecule has 0 saturated heterocycles. The van der Waals surface area contributed by atoms with Crippen molar-refractivity contribution < 1.29 is 23.0 Å². The first-order valence-corrected chi connectivity index (χ1v) is 6.44. The summed E-state index contributed by atoms with van der Waals surface area (Å²) in [7, 11) is 0. The first-order valence-electron chi connectivity index (χ1n) is 6.44. The second-order valence-corrected chi connectivity index (χ2v) is 4.26. The SMILES string of the molecule is CCOC(=O)c1ccc(COc2c(F)cccc2F)cc1. The normalized spacial score (nSPS) is 10.2. The Balaban J connectivity index is 2.03. The van der Waals surface area contributed by atoms with Gasteiger partial charge in [0.05, 0.1) is 12.2 Å². The topological polar surface area (TPSA) is 35.5 Å². The molecule has 0 radical (unpaired) electrons. The maximum Gasteiger partial charge on any atom is 0.338 e. The number of esters is 1. The second kappa shape index (κ2) is 6.83. The van der Waals surface area contributed by atoms with Crippen molar-refractivity contribution >= 4 is 5.97 Å². The lowest BCUT2D eigenvalue weighted by atomic mass is 10.1. The van der Waals surface area contributed by atoms with E-state index in [4.69, 9.17) is 9.47 Å². The van der Waals surface area contributed by atoms with Crippen molar-refractivity contribution in [1.29, 1.82) is 0 Å². The molecule has 21 heavy (non-hydrogen) atoms.